The number of hydrogen-bond donors (Lipinski definition) is 2. The lowest BCUT2D eigenvalue weighted by Gasteiger charge is -2.39. The Hall–Kier alpha value is -1.43. The molecule has 3 heterocycles. The molecule has 0 aliphatic carbocycles. The maximum atomic E-state index is 12.1. The minimum Gasteiger partial charge on any atom is -0.383 e. The van der Waals surface area contributed by atoms with E-state index in [2.05, 4.69) is 47.5 Å². The number of benzene rings is 1. The molecule has 1 aromatic carbocycles. The molecule has 8 heteroatoms. The van der Waals surface area contributed by atoms with Gasteiger partial charge in [0.25, 0.3) is 0 Å². The first-order chi connectivity index (χ1) is 14.5. The van der Waals surface area contributed by atoms with Gasteiger partial charge in [0.05, 0.1) is 19.2 Å². The van der Waals surface area contributed by atoms with E-state index in [0.717, 1.165) is 60.0 Å². The van der Waals surface area contributed by atoms with Crippen molar-refractivity contribution in [1.82, 2.24) is 10.2 Å². The van der Waals surface area contributed by atoms with Crippen LogP contribution in [0.2, 0.25) is 0 Å². The van der Waals surface area contributed by atoms with E-state index >= 15 is 0 Å². The Kier molecular flexibility index (Phi) is 6.81. The molecule has 1 fully saturated rings. The molecule has 3 aliphatic rings. The number of carbonyl (C=O) groups excluding carboxylic acids is 1. The molecule has 2 N–H and O–H groups in total. The second-order valence-electron chi connectivity index (χ2n) is 8.39. The molecule has 0 radical (unpaired) electrons. The smallest absolute Gasteiger partial charge is 0.219 e. The maximum Gasteiger partial charge on any atom is 0.219 e. The van der Waals surface area contributed by atoms with E-state index < -0.39 is 0 Å². The van der Waals surface area contributed by atoms with E-state index in [4.69, 9.17) is 4.74 Å². The predicted octanol–water partition coefficient (Wildman–Crippen LogP) is 3.16. The van der Waals surface area contributed by atoms with Gasteiger partial charge < -0.3 is 19.9 Å². The zero-order valence-corrected chi connectivity index (χ0v) is 20.2. The predicted molar refractivity (Wildman–Crippen MR) is 127 cm³/mol. The molecule has 1 amide bonds. The summed E-state index contributed by atoms with van der Waals surface area (Å²) >= 11 is 3.60. The molecule has 3 aliphatic heterocycles. The Morgan fingerprint density at radius 3 is 2.97 bits per heavy atom. The van der Waals surface area contributed by atoms with Gasteiger partial charge in [0.1, 0.15) is 5.84 Å². The third-order valence-electron chi connectivity index (χ3n) is 6.27. The van der Waals surface area contributed by atoms with Crippen molar-refractivity contribution in [3.05, 3.63) is 39.5 Å². The molecule has 4 rings (SSSR count). The molecule has 162 valence electrons. The minimum atomic E-state index is 0.0642. The van der Waals surface area contributed by atoms with Crippen molar-refractivity contribution in [3.8, 4) is 0 Å². The Labute approximate surface area is 189 Å². The van der Waals surface area contributed by atoms with E-state index in [1.807, 2.05) is 11.0 Å². The van der Waals surface area contributed by atoms with Crippen LogP contribution in [0.15, 0.2) is 33.9 Å². The average molecular weight is 493 g/mol. The number of rotatable bonds is 4. The number of hydrogen-bond acceptors (Lipinski definition) is 4. The first-order valence-corrected chi connectivity index (χ1v) is 12.2. The average Bonchev–Trinajstić information content (AvgIpc) is 3.25. The largest absolute Gasteiger partial charge is 0.383 e. The molecule has 6 nitrogen and oxygen atoms in total. The van der Waals surface area contributed by atoms with Crippen LogP contribution in [0.5, 0.6) is 0 Å². The SMILES string of the molecule is CC(=O)N1CCC(NC2CCOC2)=C(C(=N)N2CC(CP)Cc3cc(Br)ccc32)C1. The fourth-order valence-electron chi connectivity index (χ4n) is 4.55. The Bertz CT molecular complexity index is 869. The van der Waals surface area contributed by atoms with Crippen molar-refractivity contribution >= 4 is 42.6 Å². The lowest BCUT2D eigenvalue weighted by Crippen LogP contribution is -2.47. The van der Waals surface area contributed by atoms with Gasteiger partial charge in [-0.15, -0.1) is 9.24 Å². The molecule has 1 aromatic rings. The third-order valence-corrected chi connectivity index (χ3v) is 7.43. The summed E-state index contributed by atoms with van der Waals surface area (Å²) in [5.74, 6) is 1.05. The standard InChI is InChI=1S/C22H30BrN4O2P/c1-14(28)26-6-4-20(25-18-5-7-29-12-18)19(11-26)22(24)27-10-15(13-30)8-16-9-17(23)2-3-21(16)27/h2-3,9,15,18,24-25H,4-8,10-13,30H2,1H3. The molecule has 3 unspecified atom stereocenters. The summed E-state index contributed by atoms with van der Waals surface area (Å²) in [5, 5.41) is 12.8. The lowest BCUT2D eigenvalue weighted by molar-refractivity contribution is -0.128. The first kappa shape index (κ1) is 21.8. The van der Waals surface area contributed by atoms with Crippen LogP contribution in [0.1, 0.15) is 25.3 Å². The molecule has 1 saturated heterocycles. The van der Waals surface area contributed by atoms with Gasteiger partial charge in [-0.1, -0.05) is 15.9 Å². The Morgan fingerprint density at radius 2 is 2.27 bits per heavy atom. The number of carbonyl (C=O) groups is 1. The van der Waals surface area contributed by atoms with Gasteiger partial charge in [0, 0.05) is 54.5 Å². The highest BCUT2D eigenvalue weighted by Crippen LogP contribution is 2.34. The summed E-state index contributed by atoms with van der Waals surface area (Å²) in [6, 6.07) is 6.62. The van der Waals surface area contributed by atoms with Gasteiger partial charge in [-0.25, -0.2) is 0 Å². The number of ether oxygens (including phenoxy) is 1. The summed E-state index contributed by atoms with van der Waals surface area (Å²) in [6.07, 6.45) is 3.75. The summed E-state index contributed by atoms with van der Waals surface area (Å²) in [7, 11) is 2.86. The number of amidine groups is 1. The minimum absolute atomic E-state index is 0.0642. The molecule has 30 heavy (non-hydrogen) atoms. The van der Waals surface area contributed by atoms with Crippen molar-refractivity contribution in [2.75, 3.05) is 43.9 Å². The molecule has 0 aromatic heterocycles. The Morgan fingerprint density at radius 1 is 1.43 bits per heavy atom. The van der Waals surface area contributed by atoms with Gasteiger partial charge in [0.15, 0.2) is 0 Å². The van der Waals surface area contributed by atoms with E-state index in [1.54, 1.807) is 6.92 Å². The molecular formula is C22H30BrN4O2P. The summed E-state index contributed by atoms with van der Waals surface area (Å²) in [6.45, 7) is 5.10. The van der Waals surface area contributed by atoms with Crippen molar-refractivity contribution in [2.24, 2.45) is 5.92 Å². The lowest BCUT2D eigenvalue weighted by atomic mass is 9.92. The number of halogens is 1. The van der Waals surface area contributed by atoms with E-state index in [1.165, 1.54) is 5.56 Å². The number of anilines is 1. The zero-order valence-electron chi connectivity index (χ0n) is 17.4. The van der Waals surface area contributed by atoms with Gasteiger partial charge in [-0.05, 0) is 48.7 Å². The quantitative estimate of drug-likeness (QED) is 0.384. The molecule has 0 saturated carbocycles. The third kappa shape index (κ3) is 4.58. The monoisotopic (exact) mass is 492 g/mol. The summed E-state index contributed by atoms with van der Waals surface area (Å²) in [4.78, 5) is 16.1. The van der Waals surface area contributed by atoms with Crippen molar-refractivity contribution in [2.45, 2.75) is 32.2 Å². The van der Waals surface area contributed by atoms with Crippen LogP contribution in [0.25, 0.3) is 0 Å². The first-order valence-electron chi connectivity index (χ1n) is 10.6. The topological polar surface area (TPSA) is 68.7 Å². The zero-order chi connectivity index (χ0) is 21.3. The molecular weight excluding hydrogens is 463 g/mol. The maximum absolute atomic E-state index is 12.1. The highest BCUT2D eigenvalue weighted by atomic mass is 79.9. The van der Waals surface area contributed by atoms with Crippen LogP contribution in [-0.2, 0) is 16.0 Å². The van der Waals surface area contributed by atoms with Gasteiger partial charge in [-0.2, -0.15) is 0 Å². The fourth-order valence-corrected chi connectivity index (χ4v) is 5.27. The second-order valence-corrected chi connectivity index (χ2v) is 9.78. The van der Waals surface area contributed by atoms with Crippen LogP contribution in [0.4, 0.5) is 5.69 Å². The van der Waals surface area contributed by atoms with Gasteiger partial charge >= 0.3 is 0 Å². The highest BCUT2D eigenvalue weighted by molar-refractivity contribution is 9.10. The van der Waals surface area contributed by atoms with E-state index in [0.29, 0.717) is 31.4 Å². The van der Waals surface area contributed by atoms with E-state index in [9.17, 15) is 10.2 Å². The molecule has 0 bridgehead atoms. The van der Waals surface area contributed by atoms with Crippen molar-refractivity contribution in [3.63, 3.8) is 0 Å². The summed E-state index contributed by atoms with van der Waals surface area (Å²) < 4.78 is 6.61. The van der Waals surface area contributed by atoms with Crippen LogP contribution in [0.3, 0.4) is 0 Å². The van der Waals surface area contributed by atoms with Gasteiger partial charge in [-0.3, -0.25) is 10.2 Å². The van der Waals surface area contributed by atoms with E-state index in [-0.39, 0.29) is 11.9 Å². The number of nitrogens with one attached hydrogen (secondary N) is 2. The number of amides is 1. The fraction of sp³-hybridized carbons (Fsp3) is 0.545. The number of nitrogens with zero attached hydrogens (tertiary/aromatic N) is 2. The molecule has 3 atom stereocenters. The Balaban J connectivity index is 1.68. The number of fused-ring (bicyclic) bond motifs is 1. The van der Waals surface area contributed by atoms with Crippen LogP contribution >= 0.6 is 25.2 Å². The van der Waals surface area contributed by atoms with Crippen LogP contribution in [-0.4, -0.2) is 61.7 Å². The van der Waals surface area contributed by atoms with Gasteiger partial charge in [0.2, 0.25) is 5.91 Å². The molecule has 0 spiro atoms. The van der Waals surface area contributed by atoms with Crippen LogP contribution in [0, 0.1) is 11.3 Å². The van der Waals surface area contributed by atoms with Crippen molar-refractivity contribution in [1.29, 1.82) is 5.41 Å². The summed E-state index contributed by atoms with van der Waals surface area (Å²) in [5.41, 5.74) is 4.40. The van der Waals surface area contributed by atoms with Crippen LogP contribution < -0.4 is 10.2 Å². The highest BCUT2D eigenvalue weighted by Gasteiger charge is 2.32. The normalized spacial score (nSPS) is 24.1. The second kappa shape index (κ2) is 9.37. The van der Waals surface area contributed by atoms with Crippen molar-refractivity contribution < 1.29 is 9.53 Å².